The molecule has 0 unspecified atom stereocenters. The number of amides is 2. The van der Waals surface area contributed by atoms with Gasteiger partial charge >= 0.3 is 0 Å². The molecule has 0 aliphatic carbocycles. The van der Waals surface area contributed by atoms with Crippen molar-refractivity contribution in [3.05, 3.63) is 113 Å². The van der Waals surface area contributed by atoms with E-state index in [9.17, 15) is 14.0 Å². The molecule has 3 aromatic carbocycles. The van der Waals surface area contributed by atoms with Crippen LogP contribution in [0.15, 0.2) is 89.3 Å². The van der Waals surface area contributed by atoms with E-state index in [-0.39, 0.29) is 17.6 Å². The molecule has 2 heterocycles. The predicted octanol–water partition coefficient (Wildman–Crippen LogP) is 7.40. The van der Waals surface area contributed by atoms with Crippen molar-refractivity contribution >= 4 is 23.4 Å². The zero-order chi connectivity index (χ0) is 29.7. The summed E-state index contributed by atoms with van der Waals surface area (Å²) in [6, 6.07) is 24.9. The normalized spacial score (nSPS) is 14.4. The quantitative estimate of drug-likeness (QED) is 0.204. The van der Waals surface area contributed by atoms with Crippen molar-refractivity contribution in [3.63, 3.8) is 0 Å². The highest BCUT2D eigenvalue weighted by molar-refractivity contribution is 6.31. The summed E-state index contributed by atoms with van der Waals surface area (Å²) in [4.78, 5) is 30.3. The highest BCUT2D eigenvalue weighted by Gasteiger charge is 2.40. The molecule has 6 nitrogen and oxygen atoms in total. The first-order chi connectivity index (χ1) is 20.2. The minimum Gasteiger partial charge on any atom is -0.493 e. The number of nitrogens with zero attached hydrogens (tertiary/aromatic N) is 2. The molecule has 1 fully saturated rings. The lowest BCUT2D eigenvalue weighted by Gasteiger charge is -2.41. The minimum atomic E-state index is -0.464. The largest absolute Gasteiger partial charge is 0.493 e. The van der Waals surface area contributed by atoms with Gasteiger partial charge in [-0.1, -0.05) is 54.1 Å². The molecule has 0 spiro atoms. The van der Waals surface area contributed by atoms with Gasteiger partial charge in [0.2, 0.25) is 5.91 Å². The number of hydrogen-bond donors (Lipinski definition) is 0. The second-order valence-corrected chi connectivity index (χ2v) is 11.5. The van der Waals surface area contributed by atoms with Crippen LogP contribution in [0.3, 0.4) is 0 Å². The summed E-state index contributed by atoms with van der Waals surface area (Å²) >= 11 is 6.20. The fraction of sp³-hybridized carbons (Fsp3) is 0.294. The summed E-state index contributed by atoms with van der Waals surface area (Å²) in [6.45, 7) is 3.64. The van der Waals surface area contributed by atoms with Gasteiger partial charge in [0.25, 0.3) is 5.91 Å². The highest BCUT2D eigenvalue weighted by atomic mass is 35.5. The van der Waals surface area contributed by atoms with Crippen molar-refractivity contribution in [1.29, 1.82) is 0 Å². The zero-order valence-electron chi connectivity index (χ0n) is 23.8. The Morgan fingerprint density at radius 2 is 1.71 bits per heavy atom. The molecule has 5 rings (SSSR count). The number of ether oxygens (including phenoxy) is 1. The number of carbonyl (C=O) groups excluding carboxylic acids is 2. The summed E-state index contributed by atoms with van der Waals surface area (Å²) in [5.41, 5.74) is 1.81. The van der Waals surface area contributed by atoms with Crippen LogP contribution in [0.2, 0.25) is 5.02 Å². The maximum Gasteiger partial charge on any atom is 0.289 e. The number of carbonyl (C=O) groups is 2. The molecule has 8 heteroatoms. The lowest BCUT2D eigenvalue weighted by Crippen LogP contribution is -2.47. The number of hydrogen-bond acceptors (Lipinski definition) is 4. The summed E-state index contributed by atoms with van der Waals surface area (Å²) < 4.78 is 26.3. The van der Waals surface area contributed by atoms with Crippen LogP contribution in [0.5, 0.6) is 5.75 Å². The molecule has 0 atom stereocenters. The fourth-order valence-corrected chi connectivity index (χ4v) is 5.43. The molecule has 1 aliphatic heterocycles. The Morgan fingerprint density at radius 3 is 2.43 bits per heavy atom. The Morgan fingerprint density at radius 1 is 1.00 bits per heavy atom. The van der Waals surface area contributed by atoms with Gasteiger partial charge in [0.1, 0.15) is 17.3 Å². The van der Waals surface area contributed by atoms with Crippen LogP contribution in [0.4, 0.5) is 4.39 Å². The van der Waals surface area contributed by atoms with Gasteiger partial charge in [-0.3, -0.25) is 9.59 Å². The van der Waals surface area contributed by atoms with Crippen LogP contribution in [0.25, 0.3) is 11.3 Å². The number of piperidine rings is 1. The molecule has 42 heavy (non-hydrogen) atoms. The SMILES string of the molecule is Cc1cc(OCC2(CC(=O)N(C)Cc3ccccc3)CCN(C(=O)c3ccc(-c4ccccc4F)o3)CC2)ccc1Cl. The van der Waals surface area contributed by atoms with E-state index >= 15 is 0 Å². The van der Waals surface area contributed by atoms with Crippen molar-refractivity contribution in [3.8, 4) is 17.1 Å². The van der Waals surface area contributed by atoms with Gasteiger partial charge in [-0.2, -0.15) is 0 Å². The average molecular weight is 589 g/mol. The predicted molar refractivity (Wildman–Crippen MR) is 161 cm³/mol. The van der Waals surface area contributed by atoms with Crippen molar-refractivity contribution in [2.75, 3.05) is 26.7 Å². The van der Waals surface area contributed by atoms with Crippen molar-refractivity contribution in [2.24, 2.45) is 5.41 Å². The van der Waals surface area contributed by atoms with E-state index in [1.165, 1.54) is 6.07 Å². The fourth-order valence-electron chi connectivity index (χ4n) is 5.32. The Kier molecular flexibility index (Phi) is 8.97. The first-order valence-electron chi connectivity index (χ1n) is 14.0. The molecule has 1 saturated heterocycles. The van der Waals surface area contributed by atoms with E-state index in [1.54, 1.807) is 46.2 Å². The lowest BCUT2D eigenvalue weighted by atomic mass is 9.75. The standard InChI is InChI=1S/C34H34ClFN2O4/c1-24-20-26(12-13-28(24)35)41-23-34(21-32(39)37(2)22-25-8-4-3-5-9-25)16-18-38(19-17-34)33(40)31-15-14-30(42-31)27-10-6-7-11-29(27)36/h3-15,20H,16-19,21-23H2,1-2H3. The molecule has 0 bridgehead atoms. The van der Waals surface area contributed by atoms with E-state index in [1.807, 2.05) is 56.4 Å². The lowest BCUT2D eigenvalue weighted by molar-refractivity contribution is -0.134. The smallest absolute Gasteiger partial charge is 0.289 e. The van der Waals surface area contributed by atoms with Crippen molar-refractivity contribution < 1.29 is 23.1 Å². The Labute approximate surface area is 250 Å². The summed E-state index contributed by atoms with van der Waals surface area (Å²) in [6.07, 6.45) is 1.46. The van der Waals surface area contributed by atoms with Crippen LogP contribution in [0.1, 0.15) is 40.9 Å². The number of furan rings is 1. The van der Waals surface area contributed by atoms with E-state index in [2.05, 4.69) is 0 Å². The third kappa shape index (κ3) is 6.85. The highest BCUT2D eigenvalue weighted by Crippen LogP contribution is 2.38. The van der Waals surface area contributed by atoms with Crippen molar-refractivity contribution in [1.82, 2.24) is 9.80 Å². The monoisotopic (exact) mass is 588 g/mol. The van der Waals surface area contributed by atoms with Crippen LogP contribution < -0.4 is 4.74 Å². The molecule has 0 saturated carbocycles. The van der Waals surface area contributed by atoms with E-state index in [0.717, 1.165) is 11.1 Å². The summed E-state index contributed by atoms with van der Waals surface area (Å²) in [7, 11) is 1.81. The molecule has 0 N–H and O–H groups in total. The number of aryl methyl sites for hydroxylation is 1. The van der Waals surface area contributed by atoms with Gasteiger partial charge in [0.15, 0.2) is 5.76 Å². The van der Waals surface area contributed by atoms with Crippen LogP contribution in [-0.4, -0.2) is 48.4 Å². The van der Waals surface area contributed by atoms with Gasteiger partial charge in [-0.15, -0.1) is 0 Å². The first-order valence-corrected chi connectivity index (χ1v) is 14.4. The molecular weight excluding hydrogens is 555 g/mol. The second-order valence-electron chi connectivity index (χ2n) is 11.0. The Balaban J connectivity index is 1.28. The number of rotatable bonds is 9. The topological polar surface area (TPSA) is 63.0 Å². The summed E-state index contributed by atoms with van der Waals surface area (Å²) in [5.74, 6) is 0.513. The number of benzene rings is 3. The third-order valence-corrected chi connectivity index (χ3v) is 8.38. The molecule has 4 aromatic rings. The van der Waals surface area contributed by atoms with Gasteiger partial charge in [0, 0.05) is 43.5 Å². The molecule has 1 aliphatic rings. The Hall–Kier alpha value is -4.10. The van der Waals surface area contributed by atoms with Crippen LogP contribution in [-0.2, 0) is 11.3 Å². The van der Waals surface area contributed by atoms with E-state index in [4.69, 9.17) is 20.8 Å². The van der Waals surface area contributed by atoms with Crippen molar-refractivity contribution in [2.45, 2.75) is 32.7 Å². The maximum atomic E-state index is 14.2. The summed E-state index contributed by atoms with van der Waals surface area (Å²) in [5, 5.41) is 0.665. The molecular formula is C34H34ClFN2O4. The first kappa shape index (κ1) is 29.4. The van der Waals surface area contributed by atoms with Gasteiger partial charge in [0.05, 0.1) is 12.2 Å². The number of likely N-dealkylation sites (tertiary alicyclic amines) is 1. The van der Waals surface area contributed by atoms with Gasteiger partial charge < -0.3 is 19.0 Å². The van der Waals surface area contributed by atoms with Crippen LogP contribution in [0, 0.1) is 18.2 Å². The zero-order valence-corrected chi connectivity index (χ0v) is 24.6. The van der Waals surface area contributed by atoms with Gasteiger partial charge in [-0.05, 0) is 73.4 Å². The maximum absolute atomic E-state index is 14.2. The Bertz CT molecular complexity index is 1550. The molecule has 0 radical (unpaired) electrons. The molecule has 2 amide bonds. The van der Waals surface area contributed by atoms with Gasteiger partial charge in [-0.25, -0.2) is 4.39 Å². The molecule has 1 aromatic heterocycles. The van der Waals surface area contributed by atoms with E-state index in [0.29, 0.717) is 67.6 Å². The average Bonchev–Trinajstić information content (AvgIpc) is 3.49. The minimum absolute atomic E-state index is 0.0232. The second kappa shape index (κ2) is 12.8. The third-order valence-electron chi connectivity index (χ3n) is 7.96. The number of halogens is 2. The molecule has 218 valence electrons. The van der Waals surface area contributed by atoms with E-state index < -0.39 is 11.2 Å². The van der Waals surface area contributed by atoms with Crippen LogP contribution >= 0.6 is 11.6 Å².